The molecule has 1 unspecified atom stereocenters. The molecule has 0 aliphatic carbocycles. The molecule has 0 fully saturated rings. The molecular weight excluding hydrogens is 358 g/mol. The van der Waals surface area contributed by atoms with Gasteiger partial charge in [-0.25, -0.2) is 8.42 Å². The fraction of sp³-hybridized carbons (Fsp3) is 0.211. The first-order chi connectivity index (χ1) is 11.7. The molecule has 132 valence electrons. The van der Waals surface area contributed by atoms with Crippen molar-refractivity contribution in [1.29, 1.82) is 0 Å². The Hall–Kier alpha value is -2.11. The van der Waals surface area contributed by atoms with Gasteiger partial charge in [-0.2, -0.15) is 0 Å². The van der Waals surface area contributed by atoms with E-state index in [0.717, 1.165) is 22.9 Å². The number of nitrogens with one attached hydrogen (secondary N) is 1. The molecule has 2 rings (SSSR count). The molecule has 2 aromatic carbocycles. The van der Waals surface area contributed by atoms with Gasteiger partial charge in [0.15, 0.2) is 9.84 Å². The van der Waals surface area contributed by atoms with Gasteiger partial charge in [-0.1, -0.05) is 35.9 Å². The maximum absolute atomic E-state index is 12.1. The summed E-state index contributed by atoms with van der Waals surface area (Å²) < 4.78 is 22.9. The summed E-state index contributed by atoms with van der Waals surface area (Å²) in [5.74, 6) is -0.239. The van der Waals surface area contributed by atoms with E-state index >= 15 is 0 Å². The number of halogens is 1. The molecule has 6 heteroatoms. The molecule has 1 atom stereocenters. The minimum Gasteiger partial charge on any atom is -0.346 e. The van der Waals surface area contributed by atoms with Crippen molar-refractivity contribution in [2.75, 3.05) is 6.26 Å². The molecule has 1 N–H and O–H groups in total. The Morgan fingerprint density at radius 2 is 1.80 bits per heavy atom. The summed E-state index contributed by atoms with van der Waals surface area (Å²) in [5.41, 5.74) is 2.65. The lowest BCUT2D eigenvalue weighted by molar-refractivity contribution is -0.117. The van der Waals surface area contributed by atoms with Gasteiger partial charge >= 0.3 is 0 Å². The van der Waals surface area contributed by atoms with Crippen LogP contribution in [-0.4, -0.2) is 20.6 Å². The van der Waals surface area contributed by atoms with Crippen LogP contribution in [0.15, 0.2) is 53.4 Å². The van der Waals surface area contributed by atoms with E-state index in [-0.39, 0.29) is 16.8 Å². The summed E-state index contributed by atoms with van der Waals surface area (Å²) >= 11 is 6.06. The minimum absolute atomic E-state index is 0.239. The molecule has 25 heavy (non-hydrogen) atoms. The predicted octanol–water partition coefficient (Wildman–Crippen LogP) is 3.94. The molecule has 0 aromatic heterocycles. The first kappa shape index (κ1) is 19.2. The van der Waals surface area contributed by atoms with E-state index in [1.165, 1.54) is 18.2 Å². The third-order valence-corrected chi connectivity index (χ3v) is 5.33. The molecule has 0 aliphatic rings. The number of hydrogen-bond donors (Lipinski definition) is 1. The van der Waals surface area contributed by atoms with E-state index in [2.05, 4.69) is 5.32 Å². The van der Waals surface area contributed by atoms with Gasteiger partial charge in [0, 0.05) is 17.4 Å². The van der Waals surface area contributed by atoms with Crippen LogP contribution < -0.4 is 5.32 Å². The lowest BCUT2D eigenvalue weighted by Crippen LogP contribution is -2.24. The first-order valence-electron chi connectivity index (χ1n) is 7.71. The number of amides is 1. The van der Waals surface area contributed by atoms with Crippen molar-refractivity contribution in [3.63, 3.8) is 0 Å². The number of rotatable bonds is 5. The average Bonchev–Trinajstić information content (AvgIpc) is 2.55. The highest BCUT2D eigenvalue weighted by Crippen LogP contribution is 2.18. The number of sulfone groups is 1. The summed E-state index contributed by atoms with van der Waals surface area (Å²) in [7, 11) is -3.22. The molecule has 4 nitrogen and oxygen atoms in total. The second-order valence-corrected chi connectivity index (χ2v) is 8.34. The average molecular weight is 378 g/mol. The van der Waals surface area contributed by atoms with Gasteiger partial charge < -0.3 is 5.32 Å². The van der Waals surface area contributed by atoms with Gasteiger partial charge in [0.25, 0.3) is 0 Å². The zero-order chi connectivity index (χ0) is 18.6. The molecule has 0 spiro atoms. The maximum atomic E-state index is 12.1. The normalized spacial score (nSPS) is 13.0. The number of carbonyl (C=O) groups excluding carboxylic acids is 1. The smallest absolute Gasteiger partial charge is 0.244 e. The van der Waals surface area contributed by atoms with Crippen molar-refractivity contribution >= 4 is 33.4 Å². The van der Waals surface area contributed by atoms with Crippen molar-refractivity contribution in [3.05, 3.63) is 70.3 Å². The quantitative estimate of drug-likeness (QED) is 0.802. The monoisotopic (exact) mass is 377 g/mol. The molecule has 2 aromatic rings. The van der Waals surface area contributed by atoms with E-state index < -0.39 is 9.84 Å². The zero-order valence-electron chi connectivity index (χ0n) is 14.3. The van der Waals surface area contributed by atoms with Crippen LogP contribution in [0.2, 0.25) is 5.02 Å². The molecular formula is C19H20ClNO3S. The standard InChI is InChI=1S/C19H20ClNO3S/c1-13-4-5-15(12-18(13)20)6-11-19(22)21-14(2)16-7-9-17(10-8-16)25(3,23)24/h4-12,14H,1-3H3,(H,21,22)/b11-6+. The Kier molecular flexibility index (Phi) is 6.03. The molecule has 0 saturated heterocycles. The van der Waals surface area contributed by atoms with Crippen molar-refractivity contribution in [2.24, 2.45) is 0 Å². The lowest BCUT2D eigenvalue weighted by atomic mass is 10.1. The highest BCUT2D eigenvalue weighted by Gasteiger charge is 2.10. The fourth-order valence-corrected chi connectivity index (χ4v) is 3.05. The Balaban J connectivity index is 2.02. The number of hydrogen-bond acceptors (Lipinski definition) is 3. The van der Waals surface area contributed by atoms with E-state index in [1.54, 1.807) is 24.3 Å². The molecule has 0 heterocycles. The SMILES string of the molecule is Cc1ccc(/C=C/C(=O)NC(C)c2ccc(S(C)(=O)=O)cc2)cc1Cl. The van der Waals surface area contributed by atoms with Gasteiger partial charge in [-0.15, -0.1) is 0 Å². The second kappa shape index (κ2) is 7.85. The van der Waals surface area contributed by atoms with Gasteiger partial charge in [-0.3, -0.25) is 4.79 Å². The van der Waals surface area contributed by atoms with Gasteiger partial charge in [-0.05, 0) is 54.8 Å². The molecule has 0 radical (unpaired) electrons. The van der Waals surface area contributed by atoms with Gasteiger partial charge in [0.2, 0.25) is 5.91 Å². The fourth-order valence-electron chi connectivity index (χ4n) is 2.23. The largest absolute Gasteiger partial charge is 0.346 e. The van der Waals surface area contributed by atoms with Gasteiger partial charge in [0.1, 0.15) is 0 Å². The molecule has 0 aliphatic heterocycles. The topological polar surface area (TPSA) is 63.2 Å². The van der Waals surface area contributed by atoms with E-state index in [0.29, 0.717) is 5.02 Å². The first-order valence-corrected chi connectivity index (χ1v) is 9.98. The van der Waals surface area contributed by atoms with E-state index in [9.17, 15) is 13.2 Å². The summed E-state index contributed by atoms with van der Waals surface area (Å²) in [5, 5.41) is 3.50. The lowest BCUT2D eigenvalue weighted by Gasteiger charge is -2.13. The molecule has 0 saturated carbocycles. The van der Waals surface area contributed by atoms with Crippen LogP contribution >= 0.6 is 11.6 Å². The summed E-state index contributed by atoms with van der Waals surface area (Å²) in [6.45, 7) is 3.75. The summed E-state index contributed by atoms with van der Waals surface area (Å²) in [4.78, 5) is 12.3. The van der Waals surface area contributed by atoms with Crippen molar-refractivity contribution in [3.8, 4) is 0 Å². The van der Waals surface area contributed by atoms with Crippen LogP contribution in [-0.2, 0) is 14.6 Å². The Morgan fingerprint density at radius 3 is 2.36 bits per heavy atom. The third kappa shape index (κ3) is 5.44. The van der Waals surface area contributed by atoms with Crippen molar-refractivity contribution < 1.29 is 13.2 Å². The predicted molar refractivity (Wildman–Crippen MR) is 101 cm³/mol. The number of carbonyl (C=O) groups is 1. The highest BCUT2D eigenvalue weighted by molar-refractivity contribution is 7.90. The molecule has 1 amide bonds. The van der Waals surface area contributed by atoms with Crippen LogP contribution in [0.4, 0.5) is 0 Å². The Labute approximate surface area is 153 Å². The van der Waals surface area contributed by atoms with Crippen LogP contribution in [0.25, 0.3) is 6.08 Å². The van der Waals surface area contributed by atoms with Crippen molar-refractivity contribution in [1.82, 2.24) is 5.32 Å². The Morgan fingerprint density at radius 1 is 1.16 bits per heavy atom. The van der Waals surface area contributed by atoms with Crippen LogP contribution in [0.3, 0.4) is 0 Å². The van der Waals surface area contributed by atoms with Gasteiger partial charge in [0.05, 0.1) is 10.9 Å². The molecule has 0 bridgehead atoms. The third-order valence-electron chi connectivity index (χ3n) is 3.79. The highest BCUT2D eigenvalue weighted by atomic mass is 35.5. The zero-order valence-corrected chi connectivity index (χ0v) is 15.9. The van der Waals surface area contributed by atoms with E-state index in [4.69, 9.17) is 11.6 Å². The maximum Gasteiger partial charge on any atom is 0.244 e. The Bertz CT molecular complexity index is 903. The van der Waals surface area contributed by atoms with Crippen LogP contribution in [0.5, 0.6) is 0 Å². The van der Waals surface area contributed by atoms with E-state index in [1.807, 2.05) is 26.0 Å². The summed E-state index contributed by atoms with van der Waals surface area (Å²) in [6.07, 6.45) is 4.30. The second-order valence-electron chi connectivity index (χ2n) is 5.91. The number of aryl methyl sites for hydroxylation is 1. The van der Waals surface area contributed by atoms with Crippen LogP contribution in [0, 0.1) is 6.92 Å². The summed E-state index contributed by atoms with van der Waals surface area (Å²) in [6, 6.07) is 11.8. The minimum atomic E-state index is -3.22. The van der Waals surface area contributed by atoms with Crippen molar-refractivity contribution in [2.45, 2.75) is 24.8 Å². The number of benzene rings is 2. The van der Waals surface area contributed by atoms with Crippen LogP contribution in [0.1, 0.15) is 29.7 Å².